The second-order valence-corrected chi connectivity index (χ2v) is 2.88. The molecule has 4 nitrogen and oxygen atoms in total. The summed E-state index contributed by atoms with van der Waals surface area (Å²) in [5, 5.41) is 0. The SMILES string of the molecule is COCC(=O)OCC(=O)c1ccccc1. The lowest BCUT2D eigenvalue weighted by atomic mass is 10.1. The zero-order valence-electron chi connectivity index (χ0n) is 8.43. The number of hydrogen-bond acceptors (Lipinski definition) is 4. The summed E-state index contributed by atoms with van der Waals surface area (Å²) in [6.45, 7) is -0.381. The molecule has 0 bridgehead atoms. The van der Waals surface area contributed by atoms with E-state index in [4.69, 9.17) is 0 Å². The average molecular weight is 208 g/mol. The van der Waals surface area contributed by atoms with Crippen molar-refractivity contribution < 1.29 is 19.1 Å². The Morgan fingerprint density at radius 1 is 1.13 bits per heavy atom. The third-order valence-electron chi connectivity index (χ3n) is 1.72. The number of esters is 1. The quantitative estimate of drug-likeness (QED) is 0.536. The van der Waals surface area contributed by atoms with Crippen molar-refractivity contribution in [2.24, 2.45) is 0 Å². The molecule has 0 N–H and O–H groups in total. The number of benzene rings is 1. The molecule has 0 heterocycles. The monoisotopic (exact) mass is 208 g/mol. The van der Waals surface area contributed by atoms with Crippen LogP contribution < -0.4 is 0 Å². The maximum atomic E-state index is 11.4. The molecule has 80 valence electrons. The highest BCUT2D eigenvalue weighted by atomic mass is 16.6. The zero-order chi connectivity index (χ0) is 11.1. The van der Waals surface area contributed by atoms with Crippen LogP contribution in [0.15, 0.2) is 30.3 Å². The van der Waals surface area contributed by atoms with Gasteiger partial charge in [-0.15, -0.1) is 0 Å². The molecule has 1 aromatic rings. The molecule has 0 aromatic heterocycles. The highest BCUT2D eigenvalue weighted by Crippen LogP contribution is 2.00. The molecule has 0 saturated carbocycles. The molecule has 0 aliphatic heterocycles. The van der Waals surface area contributed by atoms with Crippen LogP contribution in [0.25, 0.3) is 0 Å². The number of methoxy groups -OCH3 is 1. The lowest BCUT2D eigenvalue weighted by Gasteiger charge is -2.03. The fraction of sp³-hybridized carbons (Fsp3) is 0.273. The molecular formula is C11H12O4. The highest BCUT2D eigenvalue weighted by molar-refractivity contribution is 5.97. The minimum atomic E-state index is -0.540. The van der Waals surface area contributed by atoms with Gasteiger partial charge in [-0.3, -0.25) is 4.79 Å². The summed E-state index contributed by atoms with van der Waals surface area (Å²) in [6.07, 6.45) is 0. The molecule has 15 heavy (non-hydrogen) atoms. The minimum absolute atomic E-state index is 0.137. The van der Waals surface area contributed by atoms with Crippen molar-refractivity contribution in [1.82, 2.24) is 0 Å². The number of ether oxygens (including phenoxy) is 2. The maximum absolute atomic E-state index is 11.4. The number of hydrogen-bond donors (Lipinski definition) is 0. The number of carbonyl (C=O) groups is 2. The summed E-state index contributed by atoms with van der Waals surface area (Å²) >= 11 is 0. The van der Waals surface area contributed by atoms with Crippen molar-refractivity contribution in [2.75, 3.05) is 20.3 Å². The Hall–Kier alpha value is -1.68. The van der Waals surface area contributed by atoms with Gasteiger partial charge in [0, 0.05) is 12.7 Å². The lowest BCUT2D eigenvalue weighted by molar-refractivity contribution is -0.146. The molecule has 0 amide bonds. The van der Waals surface area contributed by atoms with E-state index in [1.807, 2.05) is 6.07 Å². The van der Waals surface area contributed by atoms with Crippen molar-refractivity contribution in [3.8, 4) is 0 Å². The van der Waals surface area contributed by atoms with Crippen LogP contribution in [0.3, 0.4) is 0 Å². The molecule has 0 unspecified atom stereocenters. The third-order valence-corrected chi connectivity index (χ3v) is 1.72. The van der Waals surface area contributed by atoms with E-state index in [0.29, 0.717) is 5.56 Å². The molecule has 0 aliphatic rings. The summed E-state index contributed by atoms with van der Waals surface area (Å²) in [5.41, 5.74) is 0.530. The Balaban J connectivity index is 2.40. The van der Waals surface area contributed by atoms with Crippen molar-refractivity contribution in [1.29, 1.82) is 0 Å². The van der Waals surface area contributed by atoms with Gasteiger partial charge in [-0.05, 0) is 0 Å². The topological polar surface area (TPSA) is 52.6 Å². The Bertz CT molecular complexity index is 332. The van der Waals surface area contributed by atoms with Crippen molar-refractivity contribution in [2.45, 2.75) is 0 Å². The van der Waals surface area contributed by atoms with Crippen LogP contribution >= 0.6 is 0 Å². The van der Waals surface area contributed by atoms with Gasteiger partial charge < -0.3 is 9.47 Å². The van der Waals surface area contributed by atoms with Crippen LogP contribution in [-0.2, 0) is 14.3 Å². The summed E-state index contributed by atoms with van der Waals surface area (Å²) < 4.78 is 9.24. The Morgan fingerprint density at radius 2 is 1.80 bits per heavy atom. The Kier molecular flexibility index (Phi) is 4.50. The fourth-order valence-corrected chi connectivity index (χ4v) is 1.01. The van der Waals surface area contributed by atoms with E-state index in [0.717, 1.165) is 0 Å². The zero-order valence-corrected chi connectivity index (χ0v) is 8.43. The number of ketones is 1. The molecule has 0 spiro atoms. The fourth-order valence-electron chi connectivity index (χ4n) is 1.01. The highest BCUT2D eigenvalue weighted by Gasteiger charge is 2.08. The van der Waals surface area contributed by atoms with Gasteiger partial charge in [0.1, 0.15) is 6.61 Å². The first-order valence-corrected chi connectivity index (χ1v) is 4.47. The van der Waals surface area contributed by atoms with E-state index >= 15 is 0 Å². The molecular weight excluding hydrogens is 196 g/mol. The van der Waals surface area contributed by atoms with E-state index < -0.39 is 5.97 Å². The summed E-state index contributed by atoms with van der Waals surface area (Å²) in [5.74, 6) is -0.762. The second-order valence-electron chi connectivity index (χ2n) is 2.88. The summed E-state index contributed by atoms with van der Waals surface area (Å²) in [4.78, 5) is 22.3. The standard InChI is InChI=1S/C11H12O4/c1-14-8-11(13)15-7-10(12)9-5-3-2-4-6-9/h2-6H,7-8H2,1H3. The van der Waals surface area contributed by atoms with Crippen LogP contribution in [0.5, 0.6) is 0 Å². The van der Waals surface area contributed by atoms with Crippen LogP contribution in [0, 0.1) is 0 Å². The molecule has 1 aromatic carbocycles. The van der Waals surface area contributed by atoms with Gasteiger partial charge in [0.2, 0.25) is 0 Å². The van der Waals surface area contributed by atoms with Crippen LogP contribution in [-0.4, -0.2) is 32.1 Å². The van der Waals surface area contributed by atoms with Crippen LogP contribution in [0.2, 0.25) is 0 Å². The number of rotatable bonds is 5. The van der Waals surface area contributed by atoms with E-state index in [1.165, 1.54) is 7.11 Å². The van der Waals surface area contributed by atoms with Gasteiger partial charge in [-0.2, -0.15) is 0 Å². The first-order chi connectivity index (χ1) is 7.24. The maximum Gasteiger partial charge on any atom is 0.332 e. The van der Waals surface area contributed by atoms with Gasteiger partial charge in [0.05, 0.1) is 0 Å². The minimum Gasteiger partial charge on any atom is -0.456 e. The lowest BCUT2D eigenvalue weighted by Crippen LogP contribution is -2.17. The van der Waals surface area contributed by atoms with E-state index in [1.54, 1.807) is 24.3 Å². The predicted octanol–water partition coefficient (Wildman–Crippen LogP) is 1.06. The molecule has 1 rings (SSSR count). The van der Waals surface area contributed by atoms with Crippen molar-refractivity contribution in [3.63, 3.8) is 0 Å². The Morgan fingerprint density at radius 3 is 2.40 bits per heavy atom. The molecule has 0 fully saturated rings. The third kappa shape index (κ3) is 3.91. The van der Waals surface area contributed by atoms with E-state index in [9.17, 15) is 9.59 Å². The van der Waals surface area contributed by atoms with Gasteiger partial charge >= 0.3 is 5.97 Å². The number of Topliss-reactive ketones (excluding diaryl/α,β-unsaturated/α-hetero) is 1. The van der Waals surface area contributed by atoms with Crippen LogP contribution in [0.1, 0.15) is 10.4 Å². The molecule has 0 saturated heterocycles. The van der Waals surface area contributed by atoms with Crippen LogP contribution in [0.4, 0.5) is 0 Å². The molecule has 0 atom stereocenters. The van der Waals surface area contributed by atoms with Gasteiger partial charge in [0.25, 0.3) is 0 Å². The van der Waals surface area contributed by atoms with E-state index in [2.05, 4.69) is 9.47 Å². The second kappa shape index (κ2) is 5.93. The first-order valence-electron chi connectivity index (χ1n) is 4.47. The van der Waals surface area contributed by atoms with Crippen molar-refractivity contribution >= 4 is 11.8 Å². The first kappa shape index (κ1) is 11.4. The molecule has 4 heteroatoms. The van der Waals surface area contributed by atoms with E-state index in [-0.39, 0.29) is 19.0 Å². The normalized spacial score (nSPS) is 9.67. The molecule has 0 radical (unpaired) electrons. The number of carbonyl (C=O) groups excluding carboxylic acids is 2. The van der Waals surface area contributed by atoms with Gasteiger partial charge in [-0.1, -0.05) is 30.3 Å². The summed E-state index contributed by atoms with van der Waals surface area (Å²) in [7, 11) is 1.39. The van der Waals surface area contributed by atoms with Gasteiger partial charge in [-0.25, -0.2) is 4.79 Å². The smallest absolute Gasteiger partial charge is 0.332 e. The largest absolute Gasteiger partial charge is 0.456 e. The predicted molar refractivity (Wildman–Crippen MR) is 53.6 cm³/mol. The molecule has 0 aliphatic carbocycles. The Labute approximate surface area is 87.8 Å². The van der Waals surface area contributed by atoms with Gasteiger partial charge in [0.15, 0.2) is 12.4 Å². The average Bonchev–Trinajstić information content (AvgIpc) is 2.27. The van der Waals surface area contributed by atoms with Crippen molar-refractivity contribution in [3.05, 3.63) is 35.9 Å². The summed E-state index contributed by atoms with van der Waals surface area (Å²) in [6, 6.07) is 8.67.